The number of carbonyl (C=O) groups is 1. The number of aryl methyl sites for hydroxylation is 1. The molecule has 3 aromatic rings. The molecule has 0 fully saturated rings. The van der Waals surface area contributed by atoms with E-state index in [9.17, 15) is 13.2 Å². The smallest absolute Gasteiger partial charge is 0.264 e. The highest BCUT2D eigenvalue weighted by Gasteiger charge is 2.16. The van der Waals surface area contributed by atoms with Crippen LogP contribution in [0.3, 0.4) is 0 Å². The second kappa shape index (κ2) is 9.55. The molecular weight excluding hydrogens is 428 g/mol. The lowest BCUT2D eigenvalue weighted by atomic mass is 10.3. The Kier molecular flexibility index (Phi) is 6.86. The molecule has 156 valence electrons. The molecule has 0 aliphatic heterocycles. The second-order valence-corrected chi connectivity index (χ2v) is 8.32. The zero-order chi connectivity index (χ0) is 21.6. The van der Waals surface area contributed by atoms with Crippen molar-refractivity contribution >= 4 is 39.2 Å². The molecule has 1 heterocycles. The summed E-state index contributed by atoms with van der Waals surface area (Å²) < 4.78 is 32.7. The molecule has 0 saturated heterocycles. The van der Waals surface area contributed by atoms with Gasteiger partial charge in [-0.2, -0.15) is 0 Å². The van der Waals surface area contributed by atoms with Gasteiger partial charge in [-0.3, -0.25) is 4.79 Å². The van der Waals surface area contributed by atoms with Crippen LogP contribution in [0.2, 0.25) is 5.02 Å². The molecule has 10 heteroatoms. The quantitative estimate of drug-likeness (QED) is 0.546. The first kappa shape index (κ1) is 21.5. The van der Waals surface area contributed by atoms with Crippen molar-refractivity contribution in [1.29, 1.82) is 0 Å². The van der Waals surface area contributed by atoms with Gasteiger partial charge < -0.3 is 10.1 Å². The summed E-state index contributed by atoms with van der Waals surface area (Å²) >= 11 is 5.99. The number of hydrogen-bond donors (Lipinski definition) is 2. The predicted molar refractivity (Wildman–Crippen MR) is 114 cm³/mol. The minimum absolute atomic E-state index is 0.00843. The summed E-state index contributed by atoms with van der Waals surface area (Å²) in [5.74, 6) is 0.224. The molecule has 2 aromatic carbocycles. The molecule has 0 aliphatic carbocycles. The normalized spacial score (nSPS) is 11.0. The van der Waals surface area contributed by atoms with E-state index in [1.165, 1.54) is 30.5 Å². The molecule has 0 atom stereocenters. The highest BCUT2D eigenvalue weighted by atomic mass is 35.5. The van der Waals surface area contributed by atoms with Crippen molar-refractivity contribution in [2.75, 3.05) is 16.6 Å². The molecular formula is C20H19ClN4O4S. The van der Waals surface area contributed by atoms with Crippen LogP contribution in [0.4, 0.5) is 11.6 Å². The molecule has 0 radical (unpaired) electrons. The van der Waals surface area contributed by atoms with Gasteiger partial charge in [0.15, 0.2) is 0 Å². The third-order valence-electron chi connectivity index (χ3n) is 3.89. The van der Waals surface area contributed by atoms with E-state index >= 15 is 0 Å². The van der Waals surface area contributed by atoms with Crippen molar-refractivity contribution < 1.29 is 17.9 Å². The Hall–Kier alpha value is -3.17. The fraction of sp³-hybridized carbons (Fsp3) is 0.150. The maximum Gasteiger partial charge on any atom is 0.264 e. The van der Waals surface area contributed by atoms with Gasteiger partial charge >= 0.3 is 0 Å². The minimum Gasteiger partial charge on any atom is -0.491 e. The van der Waals surface area contributed by atoms with Gasteiger partial charge in [-0.05, 0) is 49.4 Å². The van der Waals surface area contributed by atoms with Gasteiger partial charge in [0.2, 0.25) is 11.9 Å². The Balaban J connectivity index is 1.54. The monoisotopic (exact) mass is 446 g/mol. The number of aromatic nitrogens is 2. The maximum absolute atomic E-state index is 12.4. The van der Waals surface area contributed by atoms with Crippen LogP contribution in [0.5, 0.6) is 5.75 Å². The van der Waals surface area contributed by atoms with E-state index in [0.717, 1.165) is 0 Å². The summed E-state index contributed by atoms with van der Waals surface area (Å²) in [6, 6.07) is 14.4. The van der Waals surface area contributed by atoms with E-state index in [4.69, 9.17) is 16.3 Å². The summed E-state index contributed by atoms with van der Waals surface area (Å²) in [4.78, 5) is 20.0. The molecule has 1 amide bonds. The highest BCUT2D eigenvalue weighted by Crippen LogP contribution is 2.23. The Morgan fingerprint density at radius 1 is 1.10 bits per heavy atom. The lowest BCUT2D eigenvalue weighted by Crippen LogP contribution is -2.16. The Morgan fingerprint density at radius 2 is 1.83 bits per heavy atom. The lowest BCUT2D eigenvalue weighted by molar-refractivity contribution is -0.116. The zero-order valence-electron chi connectivity index (χ0n) is 16.0. The van der Waals surface area contributed by atoms with E-state index in [-0.39, 0.29) is 29.8 Å². The third-order valence-corrected chi connectivity index (χ3v) is 5.55. The van der Waals surface area contributed by atoms with Gasteiger partial charge in [-0.1, -0.05) is 23.7 Å². The molecule has 0 spiro atoms. The van der Waals surface area contributed by atoms with E-state index in [1.54, 1.807) is 37.3 Å². The van der Waals surface area contributed by atoms with Crippen LogP contribution in [0.15, 0.2) is 65.7 Å². The average molecular weight is 447 g/mol. The number of amides is 1. The van der Waals surface area contributed by atoms with Crippen LogP contribution in [-0.4, -0.2) is 30.9 Å². The van der Waals surface area contributed by atoms with Gasteiger partial charge in [-0.25, -0.2) is 23.1 Å². The van der Waals surface area contributed by atoms with Crippen molar-refractivity contribution in [1.82, 2.24) is 9.97 Å². The number of halogens is 1. The van der Waals surface area contributed by atoms with Crippen molar-refractivity contribution in [3.05, 3.63) is 71.5 Å². The van der Waals surface area contributed by atoms with Gasteiger partial charge in [-0.15, -0.1) is 0 Å². The highest BCUT2D eigenvalue weighted by molar-refractivity contribution is 7.92. The molecule has 8 nitrogen and oxygen atoms in total. The van der Waals surface area contributed by atoms with E-state index in [2.05, 4.69) is 20.0 Å². The van der Waals surface area contributed by atoms with Crippen LogP contribution in [0, 0.1) is 6.92 Å². The van der Waals surface area contributed by atoms with E-state index in [0.29, 0.717) is 22.2 Å². The molecule has 3 rings (SSSR count). The first-order valence-electron chi connectivity index (χ1n) is 8.93. The largest absolute Gasteiger partial charge is 0.491 e. The molecule has 0 saturated carbocycles. The summed E-state index contributed by atoms with van der Waals surface area (Å²) in [5, 5.41) is 3.16. The molecule has 1 aromatic heterocycles. The molecule has 0 aliphatic rings. The summed E-state index contributed by atoms with van der Waals surface area (Å²) in [6.07, 6.45) is 1.58. The van der Waals surface area contributed by atoms with E-state index in [1.807, 2.05) is 0 Å². The first-order valence-corrected chi connectivity index (χ1v) is 10.8. The summed E-state index contributed by atoms with van der Waals surface area (Å²) in [5.41, 5.74) is 1.10. The number of carbonyl (C=O) groups excluding carboxylic acids is 1. The van der Waals surface area contributed by atoms with Crippen molar-refractivity contribution in [2.24, 2.45) is 0 Å². The van der Waals surface area contributed by atoms with Gasteiger partial charge in [0.1, 0.15) is 5.75 Å². The summed E-state index contributed by atoms with van der Waals surface area (Å²) in [7, 11) is -3.84. The number of anilines is 2. The Labute approximate surface area is 179 Å². The van der Waals surface area contributed by atoms with Gasteiger partial charge in [0.05, 0.1) is 22.9 Å². The molecule has 0 unspecified atom stereocenters. The van der Waals surface area contributed by atoms with Crippen LogP contribution in [0.25, 0.3) is 0 Å². The number of nitrogens with one attached hydrogen (secondary N) is 2. The molecule has 0 bridgehead atoms. The van der Waals surface area contributed by atoms with E-state index < -0.39 is 10.0 Å². The third kappa shape index (κ3) is 5.91. The maximum atomic E-state index is 12.4. The minimum atomic E-state index is -3.84. The summed E-state index contributed by atoms with van der Waals surface area (Å²) in [6.45, 7) is 1.89. The standard InChI is InChI=1S/C20H19ClN4O4S/c1-14-10-12-22-20(23-14)25-30(27,28)16-8-6-15(7-9-16)24-19(26)11-13-29-18-5-3-2-4-17(18)21/h2-10,12H,11,13H2,1H3,(H,24,26)(H,22,23,25). The van der Waals surface area contributed by atoms with Crippen LogP contribution >= 0.6 is 11.6 Å². The van der Waals surface area contributed by atoms with Gasteiger partial charge in [0.25, 0.3) is 10.0 Å². The number of benzene rings is 2. The first-order chi connectivity index (χ1) is 14.3. The number of nitrogens with zero attached hydrogens (tertiary/aromatic N) is 2. The number of rotatable bonds is 8. The number of hydrogen-bond acceptors (Lipinski definition) is 6. The van der Waals surface area contributed by atoms with Crippen molar-refractivity contribution in [3.8, 4) is 5.75 Å². The Bertz CT molecular complexity index is 1140. The Morgan fingerprint density at radius 3 is 2.53 bits per heavy atom. The van der Waals surface area contributed by atoms with Crippen LogP contribution in [0.1, 0.15) is 12.1 Å². The lowest BCUT2D eigenvalue weighted by Gasteiger charge is -2.10. The van der Waals surface area contributed by atoms with Crippen molar-refractivity contribution in [2.45, 2.75) is 18.2 Å². The SMILES string of the molecule is Cc1ccnc(NS(=O)(=O)c2ccc(NC(=O)CCOc3ccccc3Cl)cc2)n1. The predicted octanol–water partition coefficient (Wildman–Crippen LogP) is 3.65. The second-order valence-electron chi connectivity index (χ2n) is 6.23. The van der Waals surface area contributed by atoms with Crippen LogP contribution < -0.4 is 14.8 Å². The fourth-order valence-corrected chi connectivity index (χ4v) is 3.57. The van der Waals surface area contributed by atoms with Crippen molar-refractivity contribution in [3.63, 3.8) is 0 Å². The zero-order valence-corrected chi connectivity index (χ0v) is 17.6. The van der Waals surface area contributed by atoms with Gasteiger partial charge in [0, 0.05) is 17.6 Å². The fourth-order valence-electron chi connectivity index (χ4n) is 2.43. The molecule has 30 heavy (non-hydrogen) atoms. The number of para-hydroxylation sites is 1. The number of ether oxygens (including phenoxy) is 1. The van der Waals surface area contributed by atoms with Crippen LogP contribution in [-0.2, 0) is 14.8 Å². The molecule has 2 N–H and O–H groups in total. The average Bonchev–Trinajstić information content (AvgIpc) is 2.69. The number of sulfonamides is 1. The topological polar surface area (TPSA) is 110 Å².